The molecular weight excluding hydrogens is 410 g/mol. The van der Waals surface area contributed by atoms with Crippen molar-refractivity contribution in [2.45, 2.75) is 24.8 Å². The second kappa shape index (κ2) is 8.50. The Morgan fingerprint density at radius 3 is 2.59 bits per heavy atom. The van der Waals surface area contributed by atoms with Crippen LogP contribution in [0, 0.1) is 0 Å². The maximum atomic E-state index is 12.6. The summed E-state index contributed by atoms with van der Waals surface area (Å²) in [5.74, 6) is 0.484. The van der Waals surface area contributed by atoms with Gasteiger partial charge in [-0.1, -0.05) is 11.6 Å². The maximum absolute atomic E-state index is 12.6. The van der Waals surface area contributed by atoms with Crippen molar-refractivity contribution in [2.75, 3.05) is 25.5 Å². The van der Waals surface area contributed by atoms with E-state index < -0.39 is 9.84 Å². The van der Waals surface area contributed by atoms with E-state index in [9.17, 15) is 13.2 Å². The van der Waals surface area contributed by atoms with Gasteiger partial charge in [-0.2, -0.15) is 0 Å². The normalized spacial score (nSPS) is 13.4. The second-order valence-corrected chi connectivity index (χ2v) is 9.90. The number of fused-ring (bicyclic) bond motifs is 1. The van der Waals surface area contributed by atoms with E-state index >= 15 is 0 Å². The Morgan fingerprint density at radius 1 is 1.19 bits per heavy atom. The van der Waals surface area contributed by atoms with Crippen LogP contribution in [0.4, 0.5) is 0 Å². The summed E-state index contributed by atoms with van der Waals surface area (Å²) in [5.41, 5.74) is 0. The minimum Gasteiger partial charge on any atom is -0.486 e. The van der Waals surface area contributed by atoms with Crippen molar-refractivity contribution in [3.8, 4) is 11.5 Å². The van der Waals surface area contributed by atoms with E-state index in [0.29, 0.717) is 42.1 Å². The van der Waals surface area contributed by atoms with Gasteiger partial charge in [0.25, 0.3) is 0 Å². The number of halogens is 1. The van der Waals surface area contributed by atoms with Crippen LogP contribution in [0.15, 0.2) is 35.2 Å². The lowest BCUT2D eigenvalue weighted by atomic mass is 10.3. The number of amides is 1. The molecule has 0 saturated heterocycles. The molecule has 0 bridgehead atoms. The smallest absolute Gasteiger partial charge is 0.223 e. The SMILES string of the molecule is CCN(Cc1ccc(Cl)s1)C(=O)CCS(=O)(=O)c1ccc2c(c1)OCCO2. The summed E-state index contributed by atoms with van der Waals surface area (Å²) in [7, 11) is -3.60. The molecule has 2 aromatic rings. The van der Waals surface area contributed by atoms with Crippen molar-refractivity contribution in [3.05, 3.63) is 39.5 Å². The molecule has 1 amide bonds. The fraction of sp³-hybridized carbons (Fsp3) is 0.389. The van der Waals surface area contributed by atoms with Gasteiger partial charge in [-0.3, -0.25) is 4.79 Å². The van der Waals surface area contributed by atoms with E-state index in [1.165, 1.54) is 23.5 Å². The molecule has 0 aliphatic carbocycles. The molecule has 27 heavy (non-hydrogen) atoms. The summed E-state index contributed by atoms with van der Waals surface area (Å²) in [5, 5.41) is 0. The summed E-state index contributed by atoms with van der Waals surface area (Å²) >= 11 is 7.33. The molecule has 0 N–H and O–H groups in total. The van der Waals surface area contributed by atoms with Gasteiger partial charge < -0.3 is 14.4 Å². The Labute approximate surface area is 167 Å². The molecule has 6 nitrogen and oxygen atoms in total. The molecule has 146 valence electrons. The van der Waals surface area contributed by atoms with Gasteiger partial charge in [-0.25, -0.2) is 8.42 Å². The van der Waals surface area contributed by atoms with E-state index in [1.807, 2.05) is 13.0 Å². The molecule has 1 aromatic heterocycles. The standard InChI is InChI=1S/C18H20ClNO5S2/c1-2-20(12-13-3-6-17(19)26-13)18(21)7-10-27(22,23)14-4-5-15-16(11-14)25-9-8-24-15/h3-6,11H,2,7-10,12H2,1H3. The monoisotopic (exact) mass is 429 g/mol. The van der Waals surface area contributed by atoms with Crippen LogP contribution in [0.1, 0.15) is 18.2 Å². The number of carbonyl (C=O) groups is 1. The Kier molecular flexibility index (Phi) is 6.29. The zero-order chi connectivity index (χ0) is 19.4. The zero-order valence-corrected chi connectivity index (χ0v) is 17.2. The molecule has 1 aliphatic heterocycles. The molecule has 3 rings (SSSR count). The van der Waals surface area contributed by atoms with Gasteiger partial charge in [0.2, 0.25) is 5.91 Å². The summed E-state index contributed by atoms with van der Waals surface area (Å²) in [4.78, 5) is 15.2. The highest BCUT2D eigenvalue weighted by Crippen LogP contribution is 2.32. The first-order valence-electron chi connectivity index (χ1n) is 8.53. The van der Waals surface area contributed by atoms with E-state index in [1.54, 1.807) is 17.0 Å². The quantitative estimate of drug-likeness (QED) is 0.674. The maximum Gasteiger partial charge on any atom is 0.223 e. The number of thiophene rings is 1. The Bertz CT molecular complexity index is 926. The van der Waals surface area contributed by atoms with Crippen LogP contribution in [0.2, 0.25) is 4.34 Å². The van der Waals surface area contributed by atoms with Crippen molar-refractivity contribution < 1.29 is 22.7 Å². The Hall–Kier alpha value is -1.77. The highest BCUT2D eigenvalue weighted by atomic mass is 35.5. The lowest BCUT2D eigenvalue weighted by Gasteiger charge is -2.20. The van der Waals surface area contributed by atoms with Crippen LogP contribution in [0.25, 0.3) is 0 Å². The first kappa shape index (κ1) is 20.0. The predicted molar refractivity (Wildman–Crippen MR) is 105 cm³/mol. The minimum atomic E-state index is -3.60. The molecule has 0 radical (unpaired) electrons. The molecular formula is C18H20ClNO5S2. The average Bonchev–Trinajstić information content (AvgIpc) is 3.08. The van der Waals surface area contributed by atoms with Crippen molar-refractivity contribution in [3.63, 3.8) is 0 Å². The molecule has 0 fully saturated rings. The van der Waals surface area contributed by atoms with Crippen LogP contribution >= 0.6 is 22.9 Å². The largest absolute Gasteiger partial charge is 0.486 e. The Balaban J connectivity index is 1.64. The molecule has 0 unspecified atom stereocenters. The summed E-state index contributed by atoms with van der Waals surface area (Å²) < 4.78 is 36.7. The van der Waals surface area contributed by atoms with Crippen LogP contribution < -0.4 is 9.47 Å². The summed E-state index contributed by atoms with van der Waals surface area (Å²) in [6.07, 6.45) is -0.0796. The second-order valence-electron chi connectivity index (χ2n) is 5.99. The minimum absolute atomic E-state index is 0.0796. The van der Waals surface area contributed by atoms with Gasteiger partial charge >= 0.3 is 0 Å². The molecule has 0 spiro atoms. The molecule has 0 atom stereocenters. The first-order valence-corrected chi connectivity index (χ1v) is 11.4. The fourth-order valence-corrected chi connectivity index (χ4v) is 5.06. The van der Waals surface area contributed by atoms with Gasteiger partial charge in [-0.05, 0) is 31.2 Å². The summed E-state index contributed by atoms with van der Waals surface area (Å²) in [6.45, 7) is 3.61. The van der Waals surface area contributed by atoms with E-state index in [4.69, 9.17) is 21.1 Å². The van der Waals surface area contributed by atoms with Gasteiger partial charge in [0.15, 0.2) is 21.3 Å². The van der Waals surface area contributed by atoms with Gasteiger partial charge in [0.1, 0.15) is 13.2 Å². The number of nitrogens with zero attached hydrogens (tertiary/aromatic N) is 1. The van der Waals surface area contributed by atoms with Crippen molar-refractivity contribution >= 4 is 38.7 Å². The fourth-order valence-electron chi connectivity index (χ4n) is 2.72. The third-order valence-corrected chi connectivity index (χ3v) is 7.10. The molecule has 1 aromatic carbocycles. The topological polar surface area (TPSA) is 72.9 Å². The number of carbonyl (C=O) groups excluding carboxylic acids is 1. The number of hydrogen-bond acceptors (Lipinski definition) is 6. The van der Waals surface area contributed by atoms with Crippen molar-refractivity contribution in [2.24, 2.45) is 0 Å². The first-order chi connectivity index (χ1) is 12.9. The van der Waals surface area contributed by atoms with E-state index in [0.717, 1.165) is 4.88 Å². The third-order valence-electron chi connectivity index (χ3n) is 4.17. The van der Waals surface area contributed by atoms with Crippen LogP contribution in [0.3, 0.4) is 0 Å². The number of ether oxygens (including phenoxy) is 2. The highest BCUT2D eigenvalue weighted by molar-refractivity contribution is 7.91. The highest BCUT2D eigenvalue weighted by Gasteiger charge is 2.22. The zero-order valence-electron chi connectivity index (χ0n) is 14.8. The Morgan fingerprint density at radius 2 is 1.93 bits per heavy atom. The van der Waals surface area contributed by atoms with Gasteiger partial charge in [0, 0.05) is 23.9 Å². The van der Waals surface area contributed by atoms with Crippen molar-refractivity contribution in [1.29, 1.82) is 0 Å². The third kappa shape index (κ3) is 4.94. The lowest BCUT2D eigenvalue weighted by Crippen LogP contribution is -2.31. The van der Waals surface area contributed by atoms with E-state index in [-0.39, 0.29) is 23.0 Å². The van der Waals surface area contributed by atoms with Crippen LogP contribution in [-0.4, -0.2) is 44.7 Å². The average molecular weight is 430 g/mol. The summed E-state index contributed by atoms with van der Waals surface area (Å²) in [6, 6.07) is 8.18. The van der Waals surface area contributed by atoms with Crippen molar-refractivity contribution in [1.82, 2.24) is 4.90 Å². The van der Waals surface area contributed by atoms with Gasteiger partial charge in [-0.15, -0.1) is 11.3 Å². The lowest BCUT2D eigenvalue weighted by molar-refractivity contribution is -0.131. The van der Waals surface area contributed by atoms with Crippen LogP contribution in [0.5, 0.6) is 11.5 Å². The number of sulfone groups is 1. The molecule has 9 heteroatoms. The molecule has 0 saturated carbocycles. The van der Waals surface area contributed by atoms with Gasteiger partial charge in [0.05, 0.1) is 21.5 Å². The van der Waals surface area contributed by atoms with Crippen LogP contribution in [-0.2, 0) is 21.2 Å². The molecule has 2 heterocycles. The van der Waals surface area contributed by atoms with E-state index in [2.05, 4.69) is 0 Å². The predicted octanol–water partition coefficient (Wildman–Crippen LogP) is 3.39. The number of rotatable bonds is 7. The number of hydrogen-bond donors (Lipinski definition) is 0. The number of benzene rings is 1. The molecule has 1 aliphatic rings.